The van der Waals surface area contributed by atoms with Crippen LogP contribution in [-0.2, 0) is 22.3 Å². The Hall–Kier alpha value is -2.68. The van der Waals surface area contributed by atoms with Crippen molar-refractivity contribution in [2.24, 2.45) is 5.92 Å². The Morgan fingerprint density at radius 1 is 1.23 bits per heavy atom. The predicted molar refractivity (Wildman–Crippen MR) is 106 cm³/mol. The maximum Gasteiger partial charge on any atom is 0.419 e. The Balaban J connectivity index is 1.77. The van der Waals surface area contributed by atoms with Gasteiger partial charge in [0.05, 0.1) is 30.3 Å². The average molecular weight is 422 g/mol. The first-order chi connectivity index (χ1) is 14.4. The molecule has 1 aliphatic heterocycles. The summed E-state index contributed by atoms with van der Waals surface area (Å²) in [7, 11) is 1.56. The summed E-state index contributed by atoms with van der Waals surface area (Å²) >= 11 is 0. The zero-order valence-corrected chi connectivity index (χ0v) is 16.8. The highest BCUT2D eigenvalue weighted by Gasteiger charge is 2.38. The monoisotopic (exact) mass is 422 g/mol. The maximum absolute atomic E-state index is 13.4. The van der Waals surface area contributed by atoms with Crippen LogP contribution in [0.2, 0.25) is 0 Å². The quantitative estimate of drug-likeness (QED) is 0.685. The predicted octanol–water partition coefficient (Wildman–Crippen LogP) is 3.39. The summed E-state index contributed by atoms with van der Waals surface area (Å²) in [6.45, 7) is 1.72. The molecule has 0 aliphatic carbocycles. The topological polar surface area (TPSA) is 58.6 Å². The molecule has 2 aromatic rings. The van der Waals surface area contributed by atoms with Crippen molar-refractivity contribution >= 4 is 11.7 Å². The highest BCUT2D eigenvalue weighted by atomic mass is 19.4. The first kappa shape index (κ1) is 22.0. The molecule has 0 N–H and O–H groups in total. The molecule has 162 valence electrons. The second-order valence-corrected chi connectivity index (χ2v) is 7.23. The van der Waals surface area contributed by atoms with Gasteiger partial charge in [-0.05, 0) is 37.1 Å². The van der Waals surface area contributed by atoms with Crippen LogP contribution in [0, 0.1) is 5.92 Å². The number of pyridine rings is 2. The van der Waals surface area contributed by atoms with E-state index in [9.17, 15) is 18.0 Å². The Kier molecular flexibility index (Phi) is 7.25. The van der Waals surface area contributed by atoms with Crippen molar-refractivity contribution in [3.05, 3.63) is 54.0 Å². The molecule has 1 unspecified atom stereocenters. The molecule has 1 aliphatic rings. The Morgan fingerprint density at radius 3 is 2.73 bits per heavy atom. The second-order valence-electron chi connectivity index (χ2n) is 7.23. The lowest BCUT2D eigenvalue weighted by atomic mass is 9.96. The van der Waals surface area contributed by atoms with Gasteiger partial charge in [0.15, 0.2) is 0 Å². The lowest BCUT2D eigenvalue weighted by Crippen LogP contribution is -2.46. The first-order valence-corrected chi connectivity index (χ1v) is 9.85. The Morgan fingerprint density at radius 2 is 2.03 bits per heavy atom. The van der Waals surface area contributed by atoms with E-state index in [1.54, 1.807) is 29.2 Å². The number of anilines is 1. The first-order valence-electron chi connectivity index (χ1n) is 9.85. The van der Waals surface area contributed by atoms with Gasteiger partial charge in [-0.3, -0.25) is 9.78 Å². The zero-order chi connectivity index (χ0) is 21.6. The summed E-state index contributed by atoms with van der Waals surface area (Å²) in [4.78, 5) is 24.7. The van der Waals surface area contributed by atoms with Crippen LogP contribution >= 0.6 is 0 Å². The molecule has 0 radical (unpaired) electrons. The number of carbonyl (C=O) groups is 1. The van der Waals surface area contributed by atoms with Crippen LogP contribution in [0.3, 0.4) is 0 Å². The number of carbonyl (C=O) groups excluding carboxylic acids is 1. The van der Waals surface area contributed by atoms with Gasteiger partial charge in [0, 0.05) is 39.1 Å². The average Bonchev–Trinajstić information content (AvgIpc) is 2.76. The molecule has 9 heteroatoms. The molecule has 1 atom stereocenters. The molecule has 0 spiro atoms. The molecule has 6 nitrogen and oxygen atoms in total. The van der Waals surface area contributed by atoms with Crippen molar-refractivity contribution in [3.63, 3.8) is 0 Å². The van der Waals surface area contributed by atoms with Crippen LogP contribution in [0.4, 0.5) is 19.0 Å². The summed E-state index contributed by atoms with van der Waals surface area (Å²) < 4.78 is 45.4. The number of halogens is 3. The fourth-order valence-electron chi connectivity index (χ4n) is 3.66. The van der Waals surface area contributed by atoms with Crippen LogP contribution in [0.5, 0.6) is 0 Å². The van der Waals surface area contributed by atoms with E-state index in [4.69, 9.17) is 4.74 Å². The number of aromatic nitrogens is 2. The lowest BCUT2D eigenvalue weighted by Gasteiger charge is -2.36. The molecule has 2 aromatic heterocycles. The fraction of sp³-hybridized carbons (Fsp3) is 0.476. The van der Waals surface area contributed by atoms with Gasteiger partial charge in [-0.2, -0.15) is 13.2 Å². The summed E-state index contributed by atoms with van der Waals surface area (Å²) in [5.41, 5.74) is -0.0264. The normalized spacial score (nSPS) is 17.1. The summed E-state index contributed by atoms with van der Waals surface area (Å²) in [6.07, 6.45) is -0.246. The number of amides is 1. The van der Waals surface area contributed by atoms with Crippen molar-refractivity contribution in [1.82, 2.24) is 14.9 Å². The SMILES string of the molecule is COCCN(Cc1ccccn1)C(=O)C1CCCN(c2ncccc2C(F)(F)F)C1. The van der Waals surface area contributed by atoms with Gasteiger partial charge in [0.25, 0.3) is 0 Å². The van der Waals surface area contributed by atoms with E-state index in [0.29, 0.717) is 39.1 Å². The number of rotatable bonds is 7. The largest absolute Gasteiger partial charge is 0.419 e. The third-order valence-electron chi connectivity index (χ3n) is 5.12. The molecular weight excluding hydrogens is 397 g/mol. The van der Waals surface area contributed by atoms with Crippen molar-refractivity contribution in [2.75, 3.05) is 38.3 Å². The third-order valence-corrected chi connectivity index (χ3v) is 5.12. The molecule has 30 heavy (non-hydrogen) atoms. The molecule has 0 bridgehead atoms. The molecule has 3 heterocycles. The number of hydrogen-bond donors (Lipinski definition) is 0. The molecule has 0 aromatic carbocycles. The van der Waals surface area contributed by atoms with E-state index in [0.717, 1.165) is 11.8 Å². The van der Waals surface area contributed by atoms with Crippen LogP contribution in [-0.4, -0.2) is 54.1 Å². The molecule has 1 saturated heterocycles. The van der Waals surface area contributed by atoms with Gasteiger partial charge >= 0.3 is 6.18 Å². The Bertz CT molecular complexity index is 833. The summed E-state index contributed by atoms with van der Waals surface area (Å²) in [5.74, 6) is -0.634. The van der Waals surface area contributed by atoms with Gasteiger partial charge < -0.3 is 14.5 Å². The van der Waals surface area contributed by atoms with Crippen molar-refractivity contribution in [1.29, 1.82) is 0 Å². The van der Waals surface area contributed by atoms with Gasteiger partial charge in [0.2, 0.25) is 5.91 Å². The lowest BCUT2D eigenvalue weighted by molar-refractivity contribution is -0.137. The van der Waals surface area contributed by atoms with Crippen LogP contribution in [0.25, 0.3) is 0 Å². The van der Waals surface area contributed by atoms with Crippen LogP contribution < -0.4 is 4.90 Å². The zero-order valence-electron chi connectivity index (χ0n) is 16.8. The van der Waals surface area contributed by atoms with Gasteiger partial charge in [0.1, 0.15) is 5.82 Å². The number of nitrogens with zero attached hydrogens (tertiary/aromatic N) is 4. The van der Waals surface area contributed by atoms with Crippen LogP contribution in [0.15, 0.2) is 42.7 Å². The van der Waals surface area contributed by atoms with E-state index in [1.807, 2.05) is 12.1 Å². The summed E-state index contributed by atoms with van der Waals surface area (Å²) in [5, 5.41) is 0. The number of methoxy groups -OCH3 is 1. The molecule has 3 rings (SSSR count). The van der Waals surface area contributed by atoms with Crippen molar-refractivity contribution in [2.45, 2.75) is 25.6 Å². The van der Waals surface area contributed by atoms with E-state index >= 15 is 0 Å². The highest BCUT2D eigenvalue weighted by molar-refractivity contribution is 5.79. The molecule has 1 amide bonds. The number of ether oxygens (including phenoxy) is 1. The van der Waals surface area contributed by atoms with E-state index in [2.05, 4.69) is 9.97 Å². The molecule has 1 fully saturated rings. The minimum Gasteiger partial charge on any atom is -0.383 e. The third kappa shape index (κ3) is 5.47. The highest BCUT2D eigenvalue weighted by Crippen LogP contribution is 2.36. The minimum absolute atomic E-state index is 0.105. The van der Waals surface area contributed by atoms with E-state index in [-0.39, 0.29) is 18.3 Å². The molecular formula is C21H25F3N4O2. The Labute approximate surface area is 173 Å². The number of hydrogen-bond acceptors (Lipinski definition) is 5. The van der Waals surface area contributed by atoms with Crippen molar-refractivity contribution < 1.29 is 22.7 Å². The fourth-order valence-corrected chi connectivity index (χ4v) is 3.66. The maximum atomic E-state index is 13.4. The van der Waals surface area contributed by atoms with Crippen molar-refractivity contribution in [3.8, 4) is 0 Å². The van der Waals surface area contributed by atoms with E-state index < -0.39 is 17.7 Å². The molecule has 0 saturated carbocycles. The number of piperidine rings is 1. The van der Waals surface area contributed by atoms with Crippen LogP contribution in [0.1, 0.15) is 24.1 Å². The minimum atomic E-state index is -4.50. The van der Waals surface area contributed by atoms with E-state index in [1.165, 1.54) is 12.3 Å². The number of alkyl halides is 3. The standard InChI is InChI=1S/C21H25F3N4O2/c1-30-13-12-28(15-17-7-2-3-9-25-17)20(29)16-6-5-11-27(14-16)19-18(21(22,23)24)8-4-10-26-19/h2-4,7-10,16H,5-6,11-15H2,1H3. The smallest absolute Gasteiger partial charge is 0.383 e. The van der Waals surface area contributed by atoms with Gasteiger partial charge in [-0.1, -0.05) is 6.07 Å². The second kappa shape index (κ2) is 9.88. The van der Waals surface area contributed by atoms with Gasteiger partial charge in [-0.25, -0.2) is 4.98 Å². The summed E-state index contributed by atoms with van der Waals surface area (Å²) in [6, 6.07) is 7.79. The van der Waals surface area contributed by atoms with Gasteiger partial charge in [-0.15, -0.1) is 0 Å².